The maximum absolute atomic E-state index is 11.7. The molecule has 1 fully saturated rings. The molecule has 0 bridgehead atoms. The van der Waals surface area contributed by atoms with E-state index in [1.165, 1.54) is 35.1 Å². The molecule has 3 N–H and O–H groups in total. The van der Waals surface area contributed by atoms with Crippen molar-refractivity contribution in [2.45, 2.75) is 44.7 Å². The van der Waals surface area contributed by atoms with Crippen LogP contribution in [-0.4, -0.2) is 39.0 Å². The Hall–Kier alpha value is -4.41. The van der Waals surface area contributed by atoms with Gasteiger partial charge in [-0.1, -0.05) is 41.6 Å². The molecular formula is C29H27F3N4O4. The number of aromatic carboxylic acids is 1. The second-order valence-corrected chi connectivity index (χ2v) is 10.1. The highest BCUT2D eigenvalue weighted by atomic mass is 19.4. The number of hydrogen-bond acceptors (Lipinski definition) is 7. The number of nitrogen functional groups attached to an aromatic ring is 1. The third-order valence-electron chi connectivity index (χ3n) is 7.33. The molecule has 6 rings (SSSR count). The number of alkyl halides is 3. The van der Waals surface area contributed by atoms with E-state index in [9.17, 15) is 18.0 Å². The van der Waals surface area contributed by atoms with E-state index in [4.69, 9.17) is 15.4 Å². The summed E-state index contributed by atoms with van der Waals surface area (Å²) in [6.45, 7) is 2.59. The summed E-state index contributed by atoms with van der Waals surface area (Å²) >= 11 is 0. The number of pyridine rings is 1. The molecule has 2 heterocycles. The van der Waals surface area contributed by atoms with E-state index < -0.39 is 18.8 Å². The van der Waals surface area contributed by atoms with Gasteiger partial charge in [-0.15, -0.1) is 0 Å². The van der Waals surface area contributed by atoms with Crippen LogP contribution in [0.1, 0.15) is 58.7 Å². The molecule has 0 amide bonds. The molecular weight excluding hydrogens is 525 g/mol. The van der Waals surface area contributed by atoms with Crippen LogP contribution in [0.15, 0.2) is 59.3 Å². The van der Waals surface area contributed by atoms with Crippen molar-refractivity contribution in [3.8, 4) is 16.9 Å². The number of nitrogens with two attached hydrogens (primary N) is 1. The van der Waals surface area contributed by atoms with Crippen molar-refractivity contribution in [1.29, 1.82) is 0 Å². The van der Waals surface area contributed by atoms with Crippen LogP contribution in [0.3, 0.4) is 0 Å². The summed E-state index contributed by atoms with van der Waals surface area (Å²) in [5.74, 6) is 0.379. The van der Waals surface area contributed by atoms with Gasteiger partial charge in [0.05, 0.1) is 5.41 Å². The van der Waals surface area contributed by atoms with Crippen molar-refractivity contribution in [3.63, 3.8) is 0 Å². The van der Waals surface area contributed by atoms with Crippen LogP contribution >= 0.6 is 0 Å². The molecule has 40 heavy (non-hydrogen) atoms. The van der Waals surface area contributed by atoms with Gasteiger partial charge in [0.15, 0.2) is 18.1 Å². The van der Waals surface area contributed by atoms with Crippen LogP contribution < -0.4 is 10.5 Å². The number of fused-ring (bicyclic) bond motifs is 3. The van der Waals surface area contributed by atoms with Crippen LogP contribution in [0.2, 0.25) is 0 Å². The van der Waals surface area contributed by atoms with E-state index in [0.29, 0.717) is 11.8 Å². The number of carboxylic acids is 1. The van der Waals surface area contributed by atoms with E-state index in [0.717, 1.165) is 41.8 Å². The number of nitrogens with zero attached hydrogens (tertiary/aromatic N) is 3. The van der Waals surface area contributed by atoms with Crippen LogP contribution in [0, 0.1) is 12.8 Å². The molecule has 0 aliphatic heterocycles. The lowest BCUT2D eigenvalue weighted by molar-refractivity contribution is -0.153. The quantitative estimate of drug-likeness (QED) is 0.247. The van der Waals surface area contributed by atoms with E-state index in [1.807, 2.05) is 6.92 Å². The van der Waals surface area contributed by atoms with Gasteiger partial charge < -0.3 is 20.1 Å². The molecule has 8 nitrogen and oxygen atoms in total. The normalized spacial score (nSPS) is 15.3. The fourth-order valence-electron chi connectivity index (χ4n) is 5.16. The second-order valence-electron chi connectivity index (χ2n) is 10.1. The monoisotopic (exact) mass is 552 g/mol. The first-order valence-corrected chi connectivity index (χ1v) is 12.7. The first kappa shape index (κ1) is 27.2. The number of rotatable bonds is 6. The summed E-state index contributed by atoms with van der Waals surface area (Å²) in [5, 5.41) is 12.8. The molecule has 0 radical (unpaired) electrons. The fraction of sp³-hybridized carbons (Fsp3) is 0.310. The Labute approximate surface area is 228 Å². The van der Waals surface area contributed by atoms with E-state index in [2.05, 4.69) is 63.2 Å². The van der Waals surface area contributed by atoms with Crippen LogP contribution in [0.4, 0.5) is 18.9 Å². The van der Waals surface area contributed by atoms with Gasteiger partial charge in [0.1, 0.15) is 5.75 Å². The predicted octanol–water partition coefficient (Wildman–Crippen LogP) is 5.97. The molecule has 2 aromatic heterocycles. The fourth-order valence-corrected chi connectivity index (χ4v) is 5.16. The first-order valence-electron chi connectivity index (χ1n) is 12.7. The summed E-state index contributed by atoms with van der Waals surface area (Å²) < 4.78 is 44.9. The lowest BCUT2D eigenvalue weighted by Crippen LogP contribution is -2.29. The highest BCUT2D eigenvalue weighted by Gasteiger charge is 2.48. The molecule has 0 spiro atoms. The third-order valence-corrected chi connectivity index (χ3v) is 7.33. The Morgan fingerprint density at radius 2 is 1.90 bits per heavy atom. The average molecular weight is 553 g/mol. The number of carbonyl (C=O) groups is 1. The van der Waals surface area contributed by atoms with Gasteiger partial charge in [-0.25, -0.2) is 9.78 Å². The Balaban J connectivity index is 0.000000186. The zero-order valence-corrected chi connectivity index (χ0v) is 21.8. The summed E-state index contributed by atoms with van der Waals surface area (Å²) in [4.78, 5) is 18.4. The number of benzene rings is 2. The maximum Gasteiger partial charge on any atom is 0.422 e. The maximum atomic E-state index is 11.7. The molecule has 1 atom stereocenters. The number of aryl methyl sites for hydroxylation is 1. The molecule has 1 saturated carbocycles. The minimum atomic E-state index is -4.45. The van der Waals surface area contributed by atoms with E-state index >= 15 is 0 Å². The SMILES string of the molecule is Cc1nc(C(C)(c2ccc3c(c2N)Cc2ccccc2-3)C2CC2)no1.O=C(O)c1cc(OCC(F)(F)F)ccn1. The summed E-state index contributed by atoms with van der Waals surface area (Å²) in [6, 6.07) is 15.0. The third kappa shape index (κ3) is 5.36. The Bertz CT molecular complexity index is 1570. The van der Waals surface area contributed by atoms with Crippen molar-refractivity contribution in [2.24, 2.45) is 5.92 Å². The van der Waals surface area contributed by atoms with Crippen molar-refractivity contribution in [3.05, 3.63) is 88.8 Å². The Morgan fingerprint density at radius 1 is 1.15 bits per heavy atom. The molecule has 1 unspecified atom stereocenters. The molecule has 4 aromatic rings. The van der Waals surface area contributed by atoms with Crippen LogP contribution in [0.5, 0.6) is 5.75 Å². The number of halogens is 3. The number of carboxylic acid groups (broad SMARTS) is 1. The minimum Gasteiger partial charge on any atom is -0.484 e. The van der Waals surface area contributed by atoms with Crippen molar-refractivity contribution < 1.29 is 32.3 Å². The van der Waals surface area contributed by atoms with Crippen molar-refractivity contribution >= 4 is 11.7 Å². The Kier molecular flexibility index (Phi) is 6.99. The number of anilines is 1. The van der Waals surface area contributed by atoms with Crippen LogP contribution in [-0.2, 0) is 11.8 Å². The summed E-state index contributed by atoms with van der Waals surface area (Å²) in [7, 11) is 0. The molecule has 11 heteroatoms. The van der Waals surface area contributed by atoms with Gasteiger partial charge in [-0.3, -0.25) is 0 Å². The van der Waals surface area contributed by atoms with Gasteiger partial charge in [0.2, 0.25) is 5.89 Å². The average Bonchev–Trinajstić information content (AvgIpc) is 3.58. The number of hydrogen-bond donors (Lipinski definition) is 2. The summed E-state index contributed by atoms with van der Waals surface area (Å²) in [6.07, 6.45) is -0.124. The van der Waals surface area contributed by atoms with Gasteiger partial charge in [-0.05, 0) is 59.6 Å². The number of aromatic nitrogens is 3. The van der Waals surface area contributed by atoms with E-state index in [1.54, 1.807) is 0 Å². The highest BCUT2D eigenvalue weighted by molar-refractivity contribution is 5.85. The van der Waals surface area contributed by atoms with Crippen molar-refractivity contribution in [1.82, 2.24) is 15.1 Å². The molecule has 208 valence electrons. The largest absolute Gasteiger partial charge is 0.484 e. The summed E-state index contributed by atoms with van der Waals surface area (Å²) in [5.41, 5.74) is 13.3. The zero-order chi connectivity index (χ0) is 28.7. The lowest BCUT2D eigenvalue weighted by atomic mass is 9.75. The standard InChI is InChI=1S/C21H21N3O.C8H6F3NO3/c1-12-23-20(24-25-12)21(2,14-7-8-14)18-10-9-16-15-6-4-3-5-13(15)11-17(16)19(18)22;9-8(10,11)4-15-5-1-2-12-6(3-5)7(13)14/h3-6,9-10,14H,7-8,11,22H2,1-2H3;1-3H,4H2,(H,13,14). The predicted molar refractivity (Wildman–Crippen MR) is 140 cm³/mol. The molecule has 2 aliphatic carbocycles. The lowest BCUT2D eigenvalue weighted by Gasteiger charge is -2.29. The van der Waals surface area contributed by atoms with Gasteiger partial charge in [-0.2, -0.15) is 18.2 Å². The first-order chi connectivity index (χ1) is 19.0. The van der Waals surface area contributed by atoms with Gasteiger partial charge in [0, 0.05) is 31.3 Å². The highest BCUT2D eigenvalue weighted by Crippen LogP contribution is 2.53. The van der Waals surface area contributed by atoms with Gasteiger partial charge >= 0.3 is 12.1 Å². The zero-order valence-electron chi connectivity index (χ0n) is 21.8. The molecule has 2 aromatic carbocycles. The number of ether oxygens (including phenoxy) is 1. The van der Waals surface area contributed by atoms with Crippen molar-refractivity contribution in [2.75, 3.05) is 12.3 Å². The van der Waals surface area contributed by atoms with Gasteiger partial charge in [0.25, 0.3) is 0 Å². The molecule has 0 saturated heterocycles. The minimum absolute atomic E-state index is 0.181. The van der Waals surface area contributed by atoms with E-state index in [-0.39, 0.29) is 16.9 Å². The topological polar surface area (TPSA) is 124 Å². The smallest absolute Gasteiger partial charge is 0.422 e. The Morgan fingerprint density at radius 3 is 2.55 bits per heavy atom. The molecule has 2 aliphatic rings. The van der Waals surface area contributed by atoms with Crippen LogP contribution in [0.25, 0.3) is 11.1 Å². The second kappa shape index (κ2) is 10.3.